The van der Waals surface area contributed by atoms with Crippen molar-refractivity contribution in [3.63, 3.8) is 0 Å². The van der Waals surface area contributed by atoms with E-state index in [1.165, 1.54) is 12.1 Å². The molecule has 1 aromatic carbocycles. The maximum atomic E-state index is 13.2. The van der Waals surface area contributed by atoms with Gasteiger partial charge in [-0.05, 0) is 30.5 Å². The Morgan fingerprint density at radius 1 is 1.50 bits per heavy atom. The topological polar surface area (TPSA) is 73.9 Å². The van der Waals surface area contributed by atoms with Crippen LogP contribution in [-0.4, -0.2) is 32.7 Å². The monoisotopic (exact) mass is 331 g/mol. The van der Waals surface area contributed by atoms with Crippen molar-refractivity contribution in [2.75, 3.05) is 6.54 Å². The van der Waals surface area contributed by atoms with Crippen molar-refractivity contribution in [1.29, 1.82) is 0 Å². The van der Waals surface area contributed by atoms with E-state index in [0.29, 0.717) is 13.1 Å². The van der Waals surface area contributed by atoms with Crippen LogP contribution in [0.3, 0.4) is 0 Å². The van der Waals surface area contributed by atoms with E-state index < -0.39 is 0 Å². The van der Waals surface area contributed by atoms with Crippen molar-refractivity contribution in [1.82, 2.24) is 25.4 Å². The number of hydrogen-bond acceptors (Lipinski definition) is 3. The molecular formula is C17H22FN5O. The van der Waals surface area contributed by atoms with E-state index in [-0.39, 0.29) is 23.8 Å². The molecule has 128 valence electrons. The van der Waals surface area contributed by atoms with E-state index in [2.05, 4.69) is 20.5 Å². The summed E-state index contributed by atoms with van der Waals surface area (Å²) in [6.07, 6.45) is 1.79. The summed E-state index contributed by atoms with van der Waals surface area (Å²) in [5.41, 5.74) is 0.737. The molecule has 0 radical (unpaired) electrons. The lowest BCUT2D eigenvalue weighted by Crippen LogP contribution is -2.39. The number of rotatable bonds is 4. The van der Waals surface area contributed by atoms with Gasteiger partial charge >= 0.3 is 6.03 Å². The Kier molecular flexibility index (Phi) is 4.78. The fourth-order valence-corrected chi connectivity index (χ4v) is 2.92. The number of urea groups is 1. The molecule has 1 atom stereocenters. The number of benzene rings is 1. The minimum Gasteiger partial charge on any atom is -0.334 e. The van der Waals surface area contributed by atoms with Gasteiger partial charge in [0.15, 0.2) is 5.82 Å². The largest absolute Gasteiger partial charge is 0.334 e. The first-order valence-corrected chi connectivity index (χ1v) is 8.25. The molecule has 0 saturated carbocycles. The fraction of sp³-hybridized carbons (Fsp3) is 0.471. The lowest BCUT2D eigenvalue weighted by Gasteiger charge is -2.23. The summed E-state index contributed by atoms with van der Waals surface area (Å²) in [7, 11) is 0. The molecule has 2 amide bonds. The molecule has 1 saturated heterocycles. The van der Waals surface area contributed by atoms with E-state index in [1.807, 2.05) is 13.8 Å². The van der Waals surface area contributed by atoms with Crippen molar-refractivity contribution in [3.05, 3.63) is 47.3 Å². The van der Waals surface area contributed by atoms with Crippen molar-refractivity contribution in [2.24, 2.45) is 0 Å². The number of aromatic amines is 1. The highest BCUT2D eigenvalue weighted by molar-refractivity contribution is 5.75. The molecule has 7 heteroatoms. The number of H-pyrrole nitrogens is 1. The smallest absolute Gasteiger partial charge is 0.318 e. The summed E-state index contributed by atoms with van der Waals surface area (Å²) in [6.45, 7) is 5.04. The first kappa shape index (κ1) is 16.4. The third-order valence-corrected chi connectivity index (χ3v) is 4.20. The zero-order valence-corrected chi connectivity index (χ0v) is 13.9. The van der Waals surface area contributed by atoms with Gasteiger partial charge in [0.2, 0.25) is 0 Å². The molecular weight excluding hydrogens is 309 g/mol. The second-order valence-electron chi connectivity index (χ2n) is 6.37. The quantitative estimate of drug-likeness (QED) is 0.904. The number of amides is 2. The molecule has 1 aliphatic rings. The molecule has 2 N–H and O–H groups in total. The molecule has 1 aliphatic heterocycles. The minimum atomic E-state index is -0.302. The molecule has 1 unspecified atom stereocenters. The average molecular weight is 331 g/mol. The number of hydrogen-bond donors (Lipinski definition) is 2. The molecule has 0 bridgehead atoms. The molecule has 2 heterocycles. The lowest BCUT2D eigenvalue weighted by molar-refractivity contribution is 0.190. The summed E-state index contributed by atoms with van der Waals surface area (Å²) in [5.74, 6) is 1.43. The van der Waals surface area contributed by atoms with Crippen LogP contribution >= 0.6 is 0 Å². The summed E-state index contributed by atoms with van der Waals surface area (Å²) in [4.78, 5) is 18.8. The van der Waals surface area contributed by atoms with Crippen LogP contribution in [0, 0.1) is 5.82 Å². The van der Waals surface area contributed by atoms with Crippen molar-refractivity contribution in [2.45, 2.75) is 45.2 Å². The van der Waals surface area contributed by atoms with Gasteiger partial charge in [0.25, 0.3) is 0 Å². The standard InChI is InChI=1S/C17H22FN5O/c1-11(2)15-20-16(22-21-15)14-7-4-8-23(14)17(24)19-10-12-5-3-6-13(18)9-12/h3,5-6,9,11,14H,4,7-8,10H2,1-2H3,(H,19,24)(H,20,21,22). The molecule has 24 heavy (non-hydrogen) atoms. The van der Waals surface area contributed by atoms with E-state index in [0.717, 1.165) is 30.1 Å². The number of nitrogens with one attached hydrogen (secondary N) is 2. The van der Waals surface area contributed by atoms with Gasteiger partial charge in [-0.3, -0.25) is 5.10 Å². The Morgan fingerprint density at radius 2 is 2.33 bits per heavy atom. The second kappa shape index (κ2) is 6.98. The van der Waals surface area contributed by atoms with E-state index in [4.69, 9.17) is 0 Å². The van der Waals surface area contributed by atoms with Gasteiger partial charge in [0, 0.05) is 19.0 Å². The van der Waals surface area contributed by atoms with Gasteiger partial charge in [-0.15, -0.1) is 0 Å². The number of halogens is 1. The predicted molar refractivity (Wildman–Crippen MR) is 87.8 cm³/mol. The molecule has 0 aliphatic carbocycles. The molecule has 0 spiro atoms. The first-order valence-electron chi connectivity index (χ1n) is 8.25. The Hall–Kier alpha value is -2.44. The summed E-state index contributed by atoms with van der Waals surface area (Å²) >= 11 is 0. The normalized spacial score (nSPS) is 17.5. The van der Waals surface area contributed by atoms with Gasteiger partial charge in [0.05, 0.1) is 6.04 Å². The summed E-state index contributed by atoms with van der Waals surface area (Å²) < 4.78 is 13.2. The molecule has 2 aromatic rings. The van der Waals surface area contributed by atoms with Crippen LogP contribution < -0.4 is 5.32 Å². The third-order valence-electron chi connectivity index (χ3n) is 4.20. The molecule has 3 rings (SSSR count). The highest BCUT2D eigenvalue weighted by atomic mass is 19.1. The maximum Gasteiger partial charge on any atom is 0.318 e. The van der Waals surface area contributed by atoms with Crippen LogP contribution in [0.1, 0.15) is 55.9 Å². The highest BCUT2D eigenvalue weighted by Crippen LogP contribution is 2.30. The molecule has 1 fully saturated rings. The van der Waals surface area contributed by atoms with E-state index in [1.54, 1.807) is 17.0 Å². The van der Waals surface area contributed by atoms with Gasteiger partial charge in [-0.25, -0.2) is 14.2 Å². The van der Waals surface area contributed by atoms with Gasteiger partial charge in [0.1, 0.15) is 11.6 Å². The zero-order valence-electron chi connectivity index (χ0n) is 13.9. The van der Waals surface area contributed by atoms with Crippen molar-refractivity contribution < 1.29 is 9.18 Å². The predicted octanol–water partition coefficient (Wildman–Crippen LogP) is 3.11. The van der Waals surface area contributed by atoms with E-state index in [9.17, 15) is 9.18 Å². The number of nitrogens with zero attached hydrogens (tertiary/aromatic N) is 3. The van der Waals surface area contributed by atoms with Crippen molar-refractivity contribution in [3.8, 4) is 0 Å². The minimum absolute atomic E-state index is 0.0856. The zero-order chi connectivity index (χ0) is 17.1. The first-order chi connectivity index (χ1) is 11.5. The van der Waals surface area contributed by atoms with Crippen LogP contribution in [-0.2, 0) is 6.54 Å². The van der Waals surface area contributed by atoms with Crippen LogP contribution in [0.2, 0.25) is 0 Å². The van der Waals surface area contributed by atoms with E-state index >= 15 is 0 Å². The number of likely N-dealkylation sites (tertiary alicyclic amines) is 1. The number of carbonyl (C=O) groups excluding carboxylic acids is 1. The number of aromatic nitrogens is 3. The summed E-state index contributed by atoms with van der Waals surface area (Å²) in [5, 5.41) is 10.0. The number of carbonyl (C=O) groups is 1. The Bertz CT molecular complexity index is 715. The van der Waals surface area contributed by atoms with Crippen LogP contribution in [0.25, 0.3) is 0 Å². The summed E-state index contributed by atoms with van der Waals surface area (Å²) in [6, 6.07) is 5.99. The van der Waals surface area contributed by atoms with Gasteiger partial charge in [-0.2, -0.15) is 5.10 Å². The lowest BCUT2D eigenvalue weighted by atomic mass is 10.2. The maximum absolute atomic E-state index is 13.2. The second-order valence-corrected chi connectivity index (χ2v) is 6.37. The fourth-order valence-electron chi connectivity index (χ4n) is 2.92. The highest BCUT2D eigenvalue weighted by Gasteiger charge is 2.32. The van der Waals surface area contributed by atoms with Gasteiger partial charge in [-0.1, -0.05) is 26.0 Å². The van der Waals surface area contributed by atoms with Crippen LogP contribution in [0.15, 0.2) is 24.3 Å². The average Bonchev–Trinajstić information content (AvgIpc) is 3.21. The SMILES string of the molecule is CC(C)c1n[nH]c(C2CCCN2C(=O)NCc2cccc(F)c2)n1. The van der Waals surface area contributed by atoms with Crippen molar-refractivity contribution >= 4 is 6.03 Å². The Balaban J connectivity index is 1.64. The molecule has 6 nitrogen and oxygen atoms in total. The Morgan fingerprint density at radius 3 is 3.04 bits per heavy atom. The third kappa shape index (κ3) is 3.55. The Labute approximate surface area is 140 Å². The van der Waals surface area contributed by atoms with Gasteiger partial charge < -0.3 is 10.2 Å². The van der Waals surface area contributed by atoms with Crippen LogP contribution in [0.5, 0.6) is 0 Å². The van der Waals surface area contributed by atoms with Crippen LogP contribution in [0.4, 0.5) is 9.18 Å². The molecule has 1 aromatic heterocycles.